The zero-order chi connectivity index (χ0) is 18.1. The van der Waals surface area contributed by atoms with E-state index in [-0.39, 0.29) is 18.6 Å². The minimum Gasteiger partial charge on any atom is -0.462 e. The average Bonchev–Trinajstić information content (AvgIpc) is 2.56. The zero-order valence-electron chi connectivity index (χ0n) is 15.9. The van der Waals surface area contributed by atoms with Crippen LogP contribution in [0.25, 0.3) is 0 Å². The Morgan fingerprint density at radius 1 is 0.917 bits per heavy atom. The van der Waals surface area contributed by atoms with Gasteiger partial charge in [0, 0.05) is 7.11 Å². The number of ether oxygens (including phenoxy) is 4. The summed E-state index contributed by atoms with van der Waals surface area (Å²) in [6, 6.07) is 9.57. The molecule has 138 valence electrons. The van der Waals surface area contributed by atoms with Crippen molar-refractivity contribution < 1.29 is 18.9 Å². The van der Waals surface area contributed by atoms with Crippen LogP contribution in [0.3, 0.4) is 0 Å². The van der Waals surface area contributed by atoms with E-state index < -0.39 is 6.29 Å². The number of methoxy groups -OCH3 is 1. The standard InChI is InChI=1S/C18H32N2O4/c1-14(19(3)4)22-13-17(23-15(2)20(5)6)18(21-7)24-16-11-9-8-10-12-16/h8-12,14-15,17-18H,13H2,1-7H3. The molecule has 0 fully saturated rings. The summed E-state index contributed by atoms with van der Waals surface area (Å²) < 4.78 is 23.5. The van der Waals surface area contributed by atoms with Crippen molar-refractivity contribution in [1.82, 2.24) is 9.80 Å². The molecule has 1 aromatic carbocycles. The lowest BCUT2D eigenvalue weighted by Crippen LogP contribution is -2.45. The monoisotopic (exact) mass is 340 g/mol. The minimum atomic E-state index is -0.566. The molecule has 4 unspecified atom stereocenters. The molecule has 0 saturated heterocycles. The van der Waals surface area contributed by atoms with Crippen molar-refractivity contribution in [1.29, 1.82) is 0 Å². The molecule has 1 aromatic rings. The van der Waals surface area contributed by atoms with Crippen molar-refractivity contribution in [2.45, 2.75) is 38.7 Å². The summed E-state index contributed by atoms with van der Waals surface area (Å²) in [6.07, 6.45) is -1.05. The Bertz CT molecular complexity index is 442. The first-order chi connectivity index (χ1) is 11.3. The number of hydrogen-bond donors (Lipinski definition) is 0. The van der Waals surface area contributed by atoms with Crippen molar-refractivity contribution in [2.75, 3.05) is 41.9 Å². The van der Waals surface area contributed by atoms with Crippen LogP contribution in [0, 0.1) is 0 Å². The van der Waals surface area contributed by atoms with Gasteiger partial charge in [0.05, 0.1) is 6.61 Å². The van der Waals surface area contributed by atoms with Crippen molar-refractivity contribution in [3.05, 3.63) is 30.3 Å². The number of para-hydroxylation sites is 1. The van der Waals surface area contributed by atoms with E-state index in [4.69, 9.17) is 18.9 Å². The van der Waals surface area contributed by atoms with Crippen LogP contribution in [0.2, 0.25) is 0 Å². The van der Waals surface area contributed by atoms with Crippen molar-refractivity contribution >= 4 is 0 Å². The molecule has 0 N–H and O–H groups in total. The lowest BCUT2D eigenvalue weighted by Gasteiger charge is -2.32. The Labute approximate surface area is 146 Å². The smallest absolute Gasteiger partial charge is 0.228 e. The normalized spacial score (nSPS) is 16.9. The molecule has 0 aromatic heterocycles. The molecule has 24 heavy (non-hydrogen) atoms. The second-order valence-corrected chi connectivity index (χ2v) is 6.17. The second kappa shape index (κ2) is 10.6. The maximum atomic E-state index is 6.10. The lowest BCUT2D eigenvalue weighted by molar-refractivity contribution is -0.208. The van der Waals surface area contributed by atoms with Crippen molar-refractivity contribution in [3.8, 4) is 5.75 Å². The largest absolute Gasteiger partial charge is 0.462 e. The molecule has 0 aliphatic carbocycles. The van der Waals surface area contributed by atoms with Gasteiger partial charge in [0.1, 0.15) is 24.3 Å². The van der Waals surface area contributed by atoms with E-state index in [0.717, 1.165) is 5.75 Å². The molecule has 0 spiro atoms. The van der Waals surface area contributed by atoms with Gasteiger partial charge in [0.25, 0.3) is 0 Å². The van der Waals surface area contributed by atoms with Gasteiger partial charge in [0.2, 0.25) is 6.29 Å². The zero-order valence-corrected chi connectivity index (χ0v) is 15.9. The Morgan fingerprint density at radius 2 is 1.50 bits per heavy atom. The van der Waals surface area contributed by atoms with Crippen LogP contribution in [0.4, 0.5) is 0 Å². The molecule has 0 bridgehead atoms. The minimum absolute atomic E-state index is 0.0278. The molecule has 0 heterocycles. The fourth-order valence-electron chi connectivity index (χ4n) is 1.85. The number of nitrogens with zero attached hydrogens (tertiary/aromatic N) is 2. The van der Waals surface area contributed by atoms with E-state index in [9.17, 15) is 0 Å². The number of benzene rings is 1. The topological polar surface area (TPSA) is 43.4 Å². The van der Waals surface area contributed by atoms with E-state index >= 15 is 0 Å². The van der Waals surface area contributed by atoms with E-state index in [1.54, 1.807) is 7.11 Å². The van der Waals surface area contributed by atoms with Gasteiger partial charge >= 0.3 is 0 Å². The quantitative estimate of drug-likeness (QED) is 0.576. The molecular weight excluding hydrogens is 308 g/mol. The van der Waals surface area contributed by atoms with E-state index in [0.29, 0.717) is 6.61 Å². The molecule has 0 saturated carbocycles. The molecule has 4 atom stereocenters. The molecule has 0 radical (unpaired) electrons. The van der Waals surface area contributed by atoms with Crippen LogP contribution >= 0.6 is 0 Å². The predicted octanol–water partition coefficient (Wildman–Crippen LogP) is 2.25. The summed E-state index contributed by atoms with van der Waals surface area (Å²) in [6.45, 7) is 4.34. The van der Waals surface area contributed by atoms with Gasteiger partial charge in [-0.1, -0.05) is 18.2 Å². The van der Waals surface area contributed by atoms with Gasteiger partial charge in [0.15, 0.2) is 0 Å². The molecular formula is C18H32N2O4. The first kappa shape index (κ1) is 20.9. The Balaban J connectivity index is 2.78. The Hall–Kier alpha value is -1.18. The van der Waals surface area contributed by atoms with E-state index in [2.05, 4.69) is 0 Å². The third-order valence-electron chi connectivity index (χ3n) is 3.86. The third-order valence-corrected chi connectivity index (χ3v) is 3.86. The van der Waals surface area contributed by atoms with Crippen LogP contribution in [-0.4, -0.2) is 76.6 Å². The third kappa shape index (κ3) is 7.15. The Kier molecular flexibility index (Phi) is 9.25. The van der Waals surface area contributed by atoms with E-state index in [1.807, 2.05) is 82.2 Å². The molecule has 0 aliphatic heterocycles. The van der Waals surface area contributed by atoms with Crippen molar-refractivity contribution in [3.63, 3.8) is 0 Å². The van der Waals surface area contributed by atoms with Gasteiger partial charge in [-0.05, 0) is 54.2 Å². The lowest BCUT2D eigenvalue weighted by atomic mass is 10.3. The average molecular weight is 340 g/mol. The highest BCUT2D eigenvalue weighted by molar-refractivity contribution is 5.21. The van der Waals surface area contributed by atoms with Gasteiger partial charge in [-0.15, -0.1) is 0 Å². The summed E-state index contributed by atoms with van der Waals surface area (Å²) in [7, 11) is 9.48. The fourth-order valence-corrected chi connectivity index (χ4v) is 1.85. The van der Waals surface area contributed by atoms with Crippen LogP contribution in [0.15, 0.2) is 30.3 Å². The van der Waals surface area contributed by atoms with Crippen LogP contribution < -0.4 is 4.74 Å². The van der Waals surface area contributed by atoms with Crippen LogP contribution in [0.5, 0.6) is 5.75 Å². The summed E-state index contributed by atoms with van der Waals surface area (Å²) in [5, 5.41) is 0. The molecule has 6 heteroatoms. The highest BCUT2D eigenvalue weighted by Crippen LogP contribution is 2.17. The van der Waals surface area contributed by atoms with Gasteiger partial charge < -0.3 is 18.9 Å². The summed E-state index contributed by atoms with van der Waals surface area (Å²) >= 11 is 0. The van der Waals surface area contributed by atoms with Crippen LogP contribution in [0.1, 0.15) is 13.8 Å². The maximum Gasteiger partial charge on any atom is 0.228 e. The highest BCUT2D eigenvalue weighted by atomic mass is 16.7. The molecule has 1 rings (SSSR count). The first-order valence-corrected chi connectivity index (χ1v) is 8.19. The van der Waals surface area contributed by atoms with Crippen molar-refractivity contribution in [2.24, 2.45) is 0 Å². The second-order valence-electron chi connectivity index (χ2n) is 6.17. The highest BCUT2D eigenvalue weighted by Gasteiger charge is 2.28. The predicted molar refractivity (Wildman–Crippen MR) is 95.0 cm³/mol. The van der Waals surface area contributed by atoms with Gasteiger partial charge in [-0.3, -0.25) is 9.80 Å². The summed E-state index contributed by atoms with van der Waals surface area (Å²) in [4.78, 5) is 3.98. The molecule has 0 aliphatic rings. The maximum absolute atomic E-state index is 6.10. The van der Waals surface area contributed by atoms with E-state index in [1.165, 1.54) is 0 Å². The SMILES string of the molecule is COC(Oc1ccccc1)C(COC(C)N(C)C)OC(C)N(C)C. The first-order valence-electron chi connectivity index (χ1n) is 8.19. The number of rotatable bonds is 11. The van der Waals surface area contributed by atoms with Gasteiger partial charge in [-0.2, -0.15) is 0 Å². The molecule has 0 amide bonds. The summed E-state index contributed by atoms with van der Waals surface area (Å²) in [5.74, 6) is 0.733. The number of hydrogen-bond acceptors (Lipinski definition) is 6. The fraction of sp³-hybridized carbons (Fsp3) is 0.667. The summed E-state index contributed by atoms with van der Waals surface area (Å²) in [5.41, 5.74) is 0. The molecule has 6 nitrogen and oxygen atoms in total. The Morgan fingerprint density at radius 3 is 2.00 bits per heavy atom. The van der Waals surface area contributed by atoms with Gasteiger partial charge in [-0.25, -0.2) is 0 Å². The van der Waals surface area contributed by atoms with Crippen LogP contribution in [-0.2, 0) is 14.2 Å².